The van der Waals surface area contributed by atoms with Crippen molar-refractivity contribution in [2.24, 2.45) is 0 Å². The van der Waals surface area contributed by atoms with E-state index < -0.39 is 0 Å². The fourth-order valence-electron chi connectivity index (χ4n) is 2.58. The van der Waals surface area contributed by atoms with Crippen molar-refractivity contribution >= 4 is 28.7 Å². The zero-order chi connectivity index (χ0) is 15.4. The number of amides is 2. The molecule has 1 fully saturated rings. The number of hydrogen-bond donors (Lipinski definition) is 1. The number of rotatable bonds is 4. The molecule has 4 nitrogen and oxygen atoms in total. The molecule has 3 rings (SSSR count). The summed E-state index contributed by atoms with van der Waals surface area (Å²) < 4.78 is 5.80. The average Bonchev–Trinajstić information content (AvgIpc) is 3.25. The van der Waals surface area contributed by atoms with Gasteiger partial charge in [-0.2, -0.15) is 0 Å². The Balaban J connectivity index is 1.62. The van der Waals surface area contributed by atoms with Gasteiger partial charge >= 0.3 is 6.03 Å². The summed E-state index contributed by atoms with van der Waals surface area (Å²) in [7, 11) is 0. The first kappa shape index (κ1) is 15.5. The van der Waals surface area contributed by atoms with Gasteiger partial charge in [0.2, 0.25) is 0 Å². The van der Waals surface area contributed by atoms with Gasteiger partial charge in [0.25, 0.3) is 0 Å². The molecule has 0 unspecified atom stereocenters. The molecular weight excluding hydrogens is 316 g/mol. The number of nitrogens with one attached hydrogen (secondary N) is 1. The zero-order valence-corrected chi connectivity index (χ0v) is 14.2. The van der Waals surface area contributed by atoms with E-state index in [0.717, 1.165) is 6.42 Å². The molecule has 0 radical (unpaired) electrons. The van der Waals surface area contributed by atoms with Crippen molar-refractivity contribution in [3.63, 3.8) is 0 Å². The van der Waals surface area contributed by atoms with Gasteiger partial charge in [-0.15, -0.1) is 22.7 Å². The number of morpholine rings is 1. The second-order valence-electron chi connectivity index (χ2n) is 5.25. The lowest BCUT2D eigenvalue weighted by molar-refractivity contribution is -0.0139. The van der Waals surface area contributed by atoms with E-state index >= 15 is 0 Å². The summed E-state index contributed by atoms with van der Waals surface area (Å²) in [4.78, 5) is 16.8. The van der Waals surface area contributed by atoms with Crippen LogP contribution in [0.5, 0.6) is 0 Å². The SMILES string of the molecule is CC[C@@H](NC(=O)N1CCO[C@H](c2cccs2)C1)c1cccs1. The predicted molar refractivity (Wildman–Crippen MR) is 90.5 cm³/mol. The lowest BCUT2D eigenvalue weighted by Crippen LogP contribution is -2.47. The molecule has 6 heteroatoms. The van der Waals surface area contributed by atoms with Crippen LogP contribution in [0.3, 0.4) is 0 Å². The summed E-state index contributed by atoms with van der Waals surface area (Å²) in [5, 5.41) is 7.24. The van der Waals surface area contributed by atoms with Crippen LogP contribution in [0.1, 0.15) is 35.2 Å². The van der Waals surface area contributed by atoms with Gasteiger partial charge in [-0.25, -0.2) is 4.79 Å². The fourth-order valence-corrected chi connectivity index (χ4v) is 4.21. The summed E-state index contributed by atoms with van der Waals surface area (Å²) in [5.74, 6) is 0. The van der Waals surface area contributed by atoms with Gasteiger partial charge in [-0.1, -0.05) is 19.1 Å². The highest BCUT2D eigenvalue weighted by molar-refractivity contribution is 7.10. The van der Waals surface area contributed by atoms with E-state index in [2.05, 4.69) is 24.4 Å². The summed E-state index contributed by atoms with van der Waals surface area (Å²) in [6, 6.07) is 8.29. The van der Waals surface area contributed by atoms with Crippen LogP contribution in [0.4, 0.5) is 4.79 Å². The average molecular weight is 336 g/mol. The van der Waals surface area contributed by atoms with Gasteiger partial charge in [-0.05, 0) is 29.3 Å². The standard InChI is InChI=1S/C16H20N2O2S2/c1-2-12(14-5-3-9-21-14)17-16(19)18-7-8-20-13(11-18)15-6-4-10-22-15/h3-6,9-10,12-13H,2,7-8,11H2,1H3,(H,17,19)/t12-,13+/m1/s1. The lowest BCUT2D eigenvalue weighted by atomic mass is 10.2. The maximum absolute atomic E-state index is 12.5. The van der Waals surface area contributed by atoms with Crippen molar-refractivity contribution in [3.05, 3.63) is 44.8 Å². The van der Waals surface area contributed by atoms with E-state index in [-0.39, 0.29) is 18.2 Å². The minimum atomic E-state index is 0.00122. The first-order valence-electron chi connectivity index (χ1n) is 7.51. The first-order valence-corrected chi connectivity index (χ1v) is 9.27. The smallest absolute Gasteiger partial charge is 0.318 e. The summed E-state index contributed by atoms with van der Waals surface area (Å²) in [6.45, 7) is 3.95. The lowest BCUT2D eigenvalue weighted by Gasteiger charge is -2.33. The second-order valence-corrected chi connectivity index (χ2v) is 7.21. The number of carbonyl (C=O) groups excluding carboxylic acids is 1. The molecule has 22 heavy (non-hydrogen) atoms. The van der Waals surface area contributed by atoms with Gasteiger partial charge in [0.15, 0.2) is 0 Å². The number of nitrogens with zero attached hydrogens (tertiary/aromatic N) is 1. The van der Waals surface area contributed by atoms with Crippen molar-refractivity contribution in [3.8, 4) is 0 Å². The van der Waals surface area contributed by atoms with E-state index in [1.54, 1.807) is 22.7 Å². The van der Waals surface area contributed by atoms with Gasteiger partial charge in [0, 0.05) is 16.3 Å². The van der Waals surface area contributed by atoms with Crippen LogP contribution in [0, 0.1) is 0 Å². The van der Waals surface area contributed by atoms with Crippen LogP contribution in [0.15, 0.2) is 35.0 Å². The molecule has 1 aliphatic heterocycles. The molecule has 0 saturated carbocycles. The number of carbonyl (C=O) groups is 1. The Labute approximate surface area is 138 Å². The molecule has 0 aromatic carbocycles. The van der Waals surface area contributed by atoms with Crippen LogP contribution in [-0.4, -0.2) is 30.6 Å². The quantitative estimate of drug-likeness (QED) is 0.915. The molecule has 3 heterocycles. The zero-order valence-electron chi connectivity index (χ0n) is 12.5. The van der Waals surface area contributed by atoms with E-state index in [0.29, 0.717) is 19.7 Å². The number of thiophene rings is 2. The minimum Gasteiger partial charge on any atom is -0.369 e. The number of hydrogen-bond acceptors (Lipinski definition) is 4. The van der Waals surface area contributed by atoms with Crippen molar-refractivity contribution in [1.29, 1.82) is 0 Å². The van der Waals surface area contributed by atoms with E-state index in [9.17, 15) is 4.79 Å². The van der Waals surface area contributed by atoms with Gasteiger partial charge < -0.3 is 15.0 Å². The fraction of sp³-hybridized carbons (Fsp3) is 0.438. The Hall–Kier alpha value is -1.37. The molecule has 1 saturated heterocycles. The highest BCUT2D eigenvalue weighted by atomic mass is 32.1. The highest BCUT2D eigenvalue weighted by Crippen LogP contribution is 2.27. The molecule has 2 aromatic rings. The molecule has 118 valence electrons. The van der Waals surface area contributed by atoms with Crippen molar-refractivity contribution in [2.45, 2.75) is 25.5 Å². The minimum absolute atomic E-state index is 0.00122. The molecular formula is C16H20N2O2S2. The first-order chi connectivity index (χ1) is 10.8. The largest absolute Gasteiger partial charge is 0.369 e. The second kappa shape index (κ2) is 7.26. The highest BCUT2D eigenvalue weighted by Gasteiger charge is 2.27. The van der Waals surface area contributed by atoms with Gasteiger partial charge in [0.05, 0.1) is 19.2 Å². The monoisotopic (exact) mass is 336 g/mol. The van der Waals surface area contributed by atoms with Gasteiger partial charge in [0.1, 0.15) is 6.10 Å². The molecule has 2 atom stereocenters. The van der Waals surface area contributed by atoms with Crippen molar-refractivity contribution < 1.29 is 9.53 Å². The third-order valence-electron chi connectivity index (χ3n) is 3.81. The third-order valence-corrected chi connectivity index (χ3v) is 5.76. The Morgan fingerprint density at radius 1 is 1.41 bits per heavy atom. The summed E-state index contributed by atoms with van der Waals surface area (Å²) in [5.41, 5.74) is 0. The van der Waals surface area contributed by atoms with Crippen LogP contribution >= 0.6 is 22.7 Å². The number of ether oxygens (including phenoxy) is 1. The van der Waals surface area contributed by atoms with Crippen LogP contribution in [0.2, 0.25) is 0 Å². The van der Waals surface area contributed by atoms with E-state index in [1.807, 2.05) is 27.8 Å². The third kappa shape index (κ3) is 3.51. The molecule has 2 aromatic heterocycles. The van der Waals surface area contributed by atoms with Gasteiger partial charge in [-0.3, -0.25) is 0 Å². The summed E-state index contributed by atoms with van der Waals surface area (Å²) >= 11 is 3.36. The van der Waals surface area contributed by atoms with Crippen molar-refractivity contribution in [2.75, 3.05) is 19.7 Å². The Bertz CT molecular complexity index is 583. The predicted octanol–water partition coefficient (Wildman–Crippen LogP) is 4.04. The molecule has 0 aliphatic carbocycles. The molecule has 2 amide bonds. The van der Waals surface area contributed by atoms with Crippen LogP contribution in [-0.2, 0) is 4.74 Å². The molecule has 0 spiro atoms. The van der Waals surface area contributed by atoms with Crippen LogP contribution in [0.25, 0.3) is 0 Å². The Kier molecular flexibility index (Phi) is 5.12. The molecule has 1 N–H and O–H groups in total. The van der Waals surface area contributed by atoms with E-state index in [4.69, 9.17) is 4.74 Å². The molecule has 1 aliphatic rings. The maximum atomic E-state index is 12.5. The Morgan fingerprint density at radius 3 is 2.91 bits per heavy atom. The normalized spacial score (nSPS) is 19.9. The maximum Gasteiger partial charge on any atom is 0.318 e. The summed E-state index contributed by atoms with van der Waals surface area (Å²) in [6.07, 6.45) is 0.895. The number of urea groups is 1. The van der Waals surface area contributed by atoms with Crippen LogP contribution < -0.4 is 5.32 Å². The van der Waals surface area contributed by atoms with Crippen molar-refractivity contribution in [1.82, 2.24) is 10.2 Å². The topological polar surface area (TPSA) is 41.6 Å². The van der Waals surface area contributed by atoms with E-state index in [1.165, 1.54) is 9.75 Å². The molecule has 0 bridgehead atoms. The Morgan fingerprint density at radius 2 is 2.23 bits per heavy atom.